The number of benzene rings is 2. The van der Waals surface area contributed by atoms with Gasteiger partial charge in [0.15, 0.2) is 11.5 Å². The highest BCUT2D eigenvalue weighted by atomic mass is 16.3. The van der Waals surface area contributed by atoms with Crippen LogP contribution < -0.4 is 5.32 Å². The van der Waals surface area contributed by atoms with Crippen LogP contribution in [-0.4, -0.2) is 31.5 Å². The lowest BCUT2D eigenvalue weighted by atomic mass is 10.0. The fraction of sp³-hybridized carbons (Fsp3) is 0.167. The molecule has 120 valence electrons. The number of aryl methyl sites for hydroxylation is 1. The first kappa shape index (κ1) is 14.6. The summed E-state index contributed by atoms with van der Waals surface area (Å²) in [5.74, 6) is 1.40. The van der Waals surface area contributed by atoms with E-state index in [1.165, 1.54) is 0 Å². The topological polar surface area (TPSA) is 75.3 Å². The quantitative estimate of drug-likeness (QED) is 0.605. The van der Waals surface area contributed by atoms with Gasteiger partial charge in [-0.3, -0.25) is 0 Å². The van der Waals surface area contributed by atoms with Gasteiger partial charge in [-0.25, -0.2) is 0 Å². The number of rotatable bonds is 4. The minimum Gasteiger partial charge on any atom is -0.387 e. The molecule has 4 aromatic rings. The average molecular weight is 319 g/mol. The molecule has 4 rings (SSSR count). The second-order valence-electron chi connectivity index (χ2n) is 5.74. The van der Waals surface area contributed by atoms with Crippen LogP contribution in [0.5, 0.6) is 0 Å². The van der Waals surface area contributed by atoms with Crippen LogP contribution in [0.4, 0.5) is 5.82 Å². The molecule has 0 saturated heterocycles. The van der Waals surface area contributed by atoms with Crippen molar-refractivity contribution in [2.24, 2.45) is 0 Å². The second kappa shape index (κ2) is 5.90. The Hall–Kier alpha value is -2.99. The first-order valence-electron chi connectivity index (χ1n) is 7.80. The van der Waals surface area contributed by atoms with Crippen LogP contribution in [0.1, 0.15) is 17.5 Å². The maximum Gasteiger partial charge on any atom is 0.178 e. The molecule has 0 bridgehead atoms. The smallest absolute Gasteiger partial charge is 0.178 e. The largest absolute Gasteiger partial charge is 0.387 e. The molecule has 6 heteroatoms. The number of aromatic nitrogens is 4. The van der Waals surface area contributed by atoms with Gasteiger partial charge in [-0.1, -0.05) is 36.4 Å². The summed E-state index contributed by atoms with van der Waals surface area (Å²) in [5, 5.41) is 28.3. The summed E-state index contributed by atoms with van der Waals surface area (Å²) in [4.78, 5) is 0. The van der Waals surface area contributed by atoms with E-state index in [-0.39, 0.29) is 0 Å². The van der Waals surface area contributed by atoms with E-state index in [1.54, 1.807) is 4.52 Å². The number of nitrogens with zero attached hydrogens (tertiary/aromatic N) is 4. The van der Waals surface area contributed by atoms with Crippen molar-refractivity contribution in [2.75, 3.05) is 11.9 Å². The van der Waals surface area contributed by atoms with E-state index >= 15 is 0 Å². The van der Waals surface area contributed by atoms with Gasteiger partial charge in [-0.2, -0.15) is 4.52 Å². The highest BCUT2D eigenvalue weighted by Crippen LogP contribution is 2.20. The van der Waals surface area contributed by atoms with Crippen molar-refractivity contribution in [2.45, 2.75) is 13.0 Å². The van der Waals surface area contributed by atoms with E-state index in [2.05, 4.69) is 26.7 Å². The molecule has 0 saturated carbocycles. The zero-order valence-corrected chi connectivity index (χ0v) is 13.2. The molecule has 2 heterocycles. The van der Waals surface area contributed by atoms with E-state index in [0.717, 1.165) is 22.2 Å². The Morgan fingerprint density at radius 3 is 2.75 bits per heavy atom. The number of nitrogens with one attached hydrogen (secondary N) is 1. The Kier molecular flexibility index (Phi) is 3.59. The van der Waals surface area contributed by atoms with Crippen molar-refractivity contribution in [1.29, 1.82) is 0 Å². The molecule has 6 nitrogen and oxygen atoms in total. The van der Waals surface area contributed by atoms with Crippen molar-refractivity contribution in [3.63, 3.8) is 0 Å². The van der Waals surface area contributed by atoms with Crippen molar-refractivity contribution < 1.29 is 5.11 Å². The third kappa shape index (κ3) is 2.68. The second-order valence-corrected chi connectivity index (χ2v) is 5.74. The molecule has 1 atom stereocenters. The summed E-state index contributed by atoms with van der Waals surface area (Å²) in [7, 11) is 0. The van der Waals surface area contributed by atoms with Gasteiger partial charge in [-0.15, -0.1) is 15.3 Å². The Balaban J connectivity index is 1.51. The number of hydrogen-bond acceptors (Lipinski definition) is 5. The van der Waals surface area contributed by atoms with Gasteiger partial charge in [0.1, 0.15) is 5.82 Å². The van der Waals surface area contributed by atoms with Crippen molar-refractivity contribution >= 4 is 22.2 Å². The molecule has 0 aliphatic carbocycles. The van der Waals surface area contributed by atoms with Gasteiger partial charge in [0.05, 0.1) is 6.10 Å². The lowest BCUT2D eigenvalue weighted by Gasteiger charge is -2.13. The first-order valence-corrected chi connectivity index (χ1v) is 7.80. The molecule has 0 radical (unpaired) electrons. The third-order valence-corrected chi connectivity index (χ3v) is 4.05. The highest BCUT2D eigenvalue weighted by Gasteiger charge is 2.09. The predicted molar refractivity (Wildman–Crippen MR) is 92.9 cm³/mol. The summed E-state index contributed by atoms with van der Waals surface area (Å²) < 4.78 is 1.67. The number of anilines is 1. The lowest BCUT2D eigenvalue weighted by molar-refractivity contribution is 0.191. The third-order valence-electron chi connectivity index (χ3n) is 4.05. The van der Waals surface area contributed by atoms with Crippen LogP contribution >= 0.6 is 0 Å². The fourth-order valence-corrected chi connectivity index (χ4v) is 2.72. The molecule has 0 fully saturated rings. The Labute approximate surface area is 138 Å². The zero-order valence-electron chi connectivity index (χ0n) is 13.2. The van der Waals surface area contributed by atoms with Crippen LogP contribution in [0.25, 0.3) is 16.4 Å². The normalized spacial score (nSPS) is 12.6. The van der Waals surface area contributed by atoms with E-state index in [4.69, 9.17) is 0 Å². The first-order chi connectivity index (χ1) is 11.7. The SMILES string of the molecule is Cc1nnc2ccc(NCC(O)c3ccc4ccccc4c3)nn12. The van der Waals surface area contributed by atoms with E-state index in [1.807, 2.05) is 55.5 Å². The van der Waals surface area contributed by atoms with E-state index in [0.29, 0.717) is 18.0 Å². The number of fused-ring (bicyclic) bond motifs is 2. The zero-order chi connectivity index (χ0) is 16.5. The number of aliphatic hydroxyl groups is 1. The van der Waals surface area contributed by atoms with E-state index < -0.39 is 6.10 Å². The molecule has 2 aromatic carbocycles. The molecule has 0 aliphatic heterocycles. The van der Waals surface area contributed by atoms with Gasteiger partial charge >= 0.3 is 0 Å². The Bertz CT molecular complexity index is 1010. The minimum absolute atomic E-state index is 0.373. The van der Waals surface area contributed by atoms with Gasteiger partial charge in [0.25, 0.3) is 0 Å². The maximum atomic E-state index is 10.4. The monoisotopic (exact) mass is 319 g/mol. The summed E-state index contributed by atoms with van der Waals surface area (Å²) in [6.07, 6.45) is -0.617. The average Bonchev–Trinajstić information content (AvgIpc) is 3.00. The van der Waals surface area contributed by atoms with Crippen molar-refractivity contribution in [1.82, 2.24) is 19.8 Å². The molecule has 24 heavy (non-hydrogen) atoms. The van der Waals surface area contributed by atoms with Crippen LogP contribution in [0.15, 0.2) is 54.6 Å². The summed E-state index contributed by atoms with van der Waals surface area (Å²) in [5.41, 5.74) is 1.58. The molecule has 2 aromatic heterocycles. The molecule has 0 aliphatic rings. The highest BCUT2D eigenvalue weighted by molar-refractivity contribution is 5.83. The minimum atomic E-state index is -0.617. The van der Waals surface area contributed by atoms with Crippen LogP contribution in [-0.2, 0) is 0 Å². The van der Waals surface area contributed by atoms with Gasteiger partial charge in [0, 0.05) is 6.54 Å². The number of aliphatic hydroxyl groups excluding tert-OH is 1. The maximum absolute atomic E-state index is 10.4. The van der Waals surface area contributed by atoms with Gasteiger partial charge < -0.3 is 10.4 Å². The molecule has 0 amide bonds. The predicted octanol–water partition coefficient (Wildman–Crippen LogP) is 2.73. The number of hydrogen-bond donors (Lipinski definition) is 2. The summed E-state index contributed by atoms with van der Waals surface area (Å²) >= 11 is 0. The van der Waals surface area contributed by atoms with Gasteiger partial charge in [0.2, 0.25) is 0 Å². The standard InChI is InChI=1S/C18H17N5O/c1-12-20-21-18-9-8-17(22-23(12)18)19-11-16(24)15-7-6-13-4-2-3-5-14(13)10-15/h2-10,16,24H,11H2,1H3,(H,19,22). The van der Waals surface area contributed by atoms with E-state index in [9.17, 15) is 5.11 Å². The van der Waals surface area contributed by atoms with Crippen molar-refractivity contribution in [3.8, 4) is 0 Å². The van der Waals surface area contributed by atoms with Gasteiger partial charge in [-0.05, 0) is 41.5 Å². The fourth-order valence-electron chi connectivity index (χ4n) is 2.72. The Morgan fingerprint density at radius 1 is 1.04 bits per heavy atom. The summed E-state index contributed by atoms with van der Waals surface area (Å²) in [6.45, 7) is 2.22. The summed E-state index contributed by atoms with van der Waals surface area (Å²) in [6, 6.07) is 17.8. The van der Waals surface area contributed by atoms with Crippen LogP contribution in [0, 0.1) is 6.92 Å². The van der Waals surface area contributed by atoms with Crippen LogP contribution in [0.2, 0.25) is 0 Å². The molecule has 0 spiro atoms. The molecule has 2 N–H and O–H groups in total. The van der Waals surface area contributed by atoms with Crippen LogP contribution in [0.3, 0.4) is 0 Å². The molecule has 1 unspecified atom stereocenters. The molecular formula is C18H17N5O. The van der Waals surface area contributed by atoms with Crippen molar-refractivity contribution in [3.05, 3.63) is 66.0 Å². The molecular weight excluding hydrogens is 302 g/mol. The Morgan fingerprint density at radius 2 is 1.88 bits per heavy atom. The lowest BCUT2D eigenvalue weighted by Crippen LogP contribution is -2.14.